The first-order valence-electron chi connectivity index (χ1n) is 11.6. The highest BCUT2D eigenvalue weighted by molar-refractivity contribution is 6.31. The maximum absolute atomic E-state index is 13.1. The summed E-state index contributed by atoms with van der Waals surface area (Å²) in [6.45, 7) is 3.89. The number of benzene rings is 2. The number of rotatable bonds is 6. The topological polar surface area (TPSA) is 96.3 Å². The summed E-state index contributed by atoms with van der Waals surface area (Å²) in [4.78, 5) is 25.1. The number of nitrogens with zero attached hydrogens (tertiary/aromatic N) is 2. The molecule has 1 aromatic heterocycles. The van der Waals surface area contributed by atoms with Gasteiger partial charge in [-0.3, -0.25) is 4.79 Å². The zero-order chi connectivity index (χ0) is 24.2. The summed E-state index contributed by atoms with van der Waals surface area (Å²) in [5, 5.41) is 21.5. The largest absolute Gasteiger partial charge is 0.507 e. The zero-order valence-electron chi connectivity index (χ0n) is 19.3. The maximum Gasteiger partial charge on any atom is 0.342 e. The molecule has 0 unspecified atom stereocenters. The van der Waals surface area contributed by atoms with Crippen molar-refractivity contribution in [2.45, 2.75) is 52.0 Å². The Balaban J connectivity index is 1.60. The van der Waals surface area contributed by atoms with E-state index in [0.29, 0.717) is 22.0 Å². The smallest absolute Gasteiger partial charge is 0.342 e. The lowest BCUT2D eigenvalue weighted by atomic mass is 10.0. The molecular formula is C26H29ClN4O3. The third-order valence-electron chi connectivity index (χ3n) is 6.16. The van der Waals surface area contributed by atoms with Crippen LogP contribution in [0.2, 0.25) is 5.02 Å². The van der Waals surface area contributed by atoms with Crippen LogP contribution in [0.25, 0.3) is 11.3 Å². The minimum Gasteiger partial charge on any atom is -0.507 e. The van der Waals surface area contributed by atoms with Gasteiger partial charge in [0, 0.05) is 40.7 Å². The van der Waals surface area contributed by atoms with Gasteiger partial charge in [-0.15, -0.1) is 0 Å². The number of phenols is 1. The van der Waals surface area contributed by atoms with Crippen molar-refractivity contribution in [3.63, 3.8) is 0 Å². The van der Waals surface area contributed by atoms with Crippen LogP contribution in [0.1, 0.15) is 56.7 Å². The fraction of sp³-hybridized carbons (Fsp3) is 0.346. The lowest BCUT2D eigenvalue weighted by molar-refractivity contribution is -0.118. The second-order valence-corrected chi connectivity index (χ2v) is 9.38. The Kier molecular flexibility index (Phi) is 7.22. The van der Waals surface area contributed by atoms with E-state index in [2.05, 4.69) is 15.7 Å². The Morgan fingerprint density at radius 1 is 1.15 bits per heavy atom. The molecule has 1 aliphatic carbocycles. The van der Waals surface area contributed by atoms with Crippen LogP contribution in [0, 0.1) is 5.92 Å². The number of amides is 2. The number of nitrogens with one attached hydrogen (secondary N) is 2. The van der Waals surface area contributed by atoms with E-state index in [4.69, 9.17) is 11.6 Å². The Morgan fingerprint density at radius 3 is 2.56 bits per heavy atom. The van der Waals surface area contributed by atoms with Crippen molar-refractivity contribution in [2.24, 2.45) is 5.92 Å². The predicted molar refractivity (Wildman–Crippen MR) is 133 cm³/mol. The van der Waals surface area contributed by atoms with Gasteiger partial charge in [0.05, 0.1) is 11.4 Å². The van der Waals surface area contributed by atoms with Gasteiger partial charge in [-0.2, -0.15) is 9.78 Å². The highest BCUT2D eigenvalue weighted by atomic mass is 35.5. The van der Waals surface area contributed by atoms with Gasteiger partial charge in [0.15, 0.2) is 0 Å². The minimum absolute atomic E-state index is 0.0133. The molecule has 8 heteroatoms. The Labute approximate surface area is 204 Å². The van der Waals surface area contributed by atoms with E-state index >= 15 is 0 Å². The number of hydrogen-bond acceptors (Lipinski definition) is 4. The molecule has 0 radical (unpaired) electrons. The van der Waals surface area contributed by atoms with Gasteiger partial charge in [-0.25, -0.2) is 4.79 Å². The Morgan fingerprint density at radius 2 is 1.88 bits per heavy atom. The average molecular weight is 481 g/mol. The van der Waals surface area contributed by atoms with Crippen molar-refractivity contribution in [3.8, 4) is 17.0 Å². The molecule has 34 heavy (non-hydrogen) atoms. The number of halogens is 1. The monoisotopic (exact) mass is 480 g/mol. The molecule has 0 bridgehead atoms. The molecule has 0 spiro atoms. The molecule has 7 nitrogen and oxygen atoms in total. The molecule has 0 atom stereocenters. The summed E-state index contributed by atoms with van der Waals surface area (Å²) < 4.78 is 1.41. The SMILES string of the molecule is CC(C)C(=O)Nc1ccc(-c2cc(C3CCCC3)n(C(=O)NCc3ccccc3Cl)n2)c(O)c1. The van der Waals surface area contributed by atoms with E-state index in [9.17, 15) is 14.7 Å². The minimum atomic E-state index is -0.339. The van der Waals surface area contributed by atoms with Crippen LogP contribution < -0.4 is 10.6 Å². The van der Waals surface area contributed by atoms with Crippen molar-refractivity contribution in [1.29, 1.82) is 0 Å². The number of hydrogen-bond donors (Lipinski definition) is 3. The Bertz CT molecular complexity index is 1200. The first-order chi connectivity index (χ1) is 16.3. The van der Waals surface area contributed by atoms with Crippen molar-refractivity contribution in [1.82, 2.24) is 15.1 Å². The summed E-state index contributed by atoms with van der Waals surface area (Å²) in [6, 6.07) is 13.8. The number of aromatic nitrogens is 2. The van der Waals surface area contributed by atoms with Crippen LogP contribution in [-0.4, -0.2) is 26.8 Å². The number of carbonyl (C=O) groups excluding carboxylic acids is 2. The molecule has 4 rings (SSSR count). The fourth-order valence-corrected chi connectivity index (χ4v) is 4.40. The standard InChI is InChI=1S/C26H29ClN4O3/c1-16(2)25(33)29-19-11-12-20(24(32)13-19)22-14-23(17-7-3-4-8-17)31(30-22)26(34)28-15-18-9-5-6-10-21(18)27/h5-6,9-14,16-17,32H,3-4,7-8,15H2,1-2H3,(H,28,34)(H,29,33). The van der Waals surface area contributed by atoms with Gasteiger partial charge in [0.1, 0.15) is 5.75 Å². The summed E-state index contributed by atoms with van der Waals surface area (Å²) in [5.41, 5.74) is 3.17. The molecule has 1 heterocycles. The first kappa shape index (κ1) is 23.8. The lowest BCUT2D eigenvalue weighted by Crippen LogP contribution is -2.30. The van der Waals surface area contributed by atoms with Crippen molar-refractivity contribution < 1.29 is 14.7 Å². The maximum atomic E-state index is 13.1. The van der Waals surface area contributed by atoms with Gasteiger partial charge >= 0.3 is 6.03 Å². The van der Waals surface area contributed by atoms with Crippen molar-refractivity contribution >= 4 is 29.2 Å². The summed E-state index contributed by atoms with van der Waals surface area (Å²) in [5.74, 6) is -0.0781. The van der Waals surface area contributed by atoms with Crippen LogP contribution in [0.5, 0.6) is 5.75 Å². The molecule has 2 aromatic carbocycles. The molecule has 2 amide bonds. The molecular weight excluding hydrogens is 452 g/mol. The average Bonchev–Trinajstić information content (AvgIpc) is 3.48. The second-order valence-electron chi connectivity index (χ2n) is 8.97. The number of carbonyl (C=O) groups is 2. The van der Waals surface area contributed by atoms with Gasteiger partial charge < -0.3 is 15.7 Å². The molecule has 178 valence electrons. The zero-order valence-corrected chi connectivity index (χ0v) is 20.1. The van der Waals surface area contributed by atoms with E-state index in [1.807, 2.05) is 24.3 Å². The van der Waals surface area contributed by atoms with E-state index in [1.54, 1.807) is 32.0 Å². The van der Waals surface area contributed by atoms with Crippen LogP contribution in [0.15, 0.2) is 48.5 Å². The number of aromatic hydroxyl groups is 1. The predicted octanol–water partition coefficient (Wildman–Crippen LogP) is 5.92. The number of anilines is 1. The second kappa shape index (κ2) is 10.3. The third kappa shape index (κ3) is 5.25. The van der Waals surface area contributed by atoms with Crippen molar-refractivity contribution in [2.75, 3.05) is 5.32 Å². The molecule has 1 fully saturated rings. The molecule has 3 aromatic rings. The number of phenolic OH excluding ortho intramolecular Hbond substituents is 1. The van der Waals surface area contributed by atoms with Gasteiger partial charge in [0.2, 0.25) is 5.91 Å². The van der Waals surface area contributed by atoms with Gasteiger partial charge in [-0.1, -0.05) is 56.5 Å². The molecule has 0 saturated heterocycles. The van der Waals surface area contributed by atoms with E-state index in [0.717, 1.165) is 36.9 Å². The molecule has 0 aliphatic heterocycles. The van der Waals surface area contributed by atoms with E-state index in [1.165, 1.54) is 10.7 Å². The van der Waals surface area contributed by atoms with Gasteiger partial charge in [-0.05, 0) is 42.7 Å². The van der Waals surface area contributed by atoms with Crippen LogP contribution in [-0.2, 0) is 11.3 Å². The summed E-state index contributed by atoms with van der Waals surface area (Å²) >= 11 is 6.22. The first-order valence-corrected chi connectivity index (χ1v) is 12.0. The van der Waals surface area contributed by atoms with Crippen molar-refractivity contribution in [3.05, 3.63) is 64.8 Å². The van der Waals surface area contributed by atoms with E-state index < -0.39 is 0 Å². The fourth-order valence-electron chi connectivity index (χ4n) is 4.20. The van der Waals surface area contributed by atoms with Crippen LogP contribution >= 0.6 is 11.6 Å². The van der Waals surface area contributed by atoms with Crippen LogP contribution in [0.4, 0.5) is 10.5 Å². The lowest BCUT2D eigenvalue weighted by Gasteiger charge is -2.12. The molecule has 3 N–H and O–H groups in total. The van der Waals surface area contributed by atoms with Crippen LogP contribution in [0.3, 0.4) is 0 Å². The van der Waals surface area contributed by atoms with E-state index in [-0.39, 0.29) is 36.1 Å². The Hall–Kier alpha value is -3.32. The molecule has 1 aliphatic rings. The summed E-state index contributed by atoms with van der Waals surface area (Å²) in [6.07, 6.45) is 4.22. The normalized spacial score (nSPS) is 13.9. The summed E-state index contributed by atoms with van der Waals surface area (Å²) in [7, 11) is 0. The highest BCUT2D eigenvalue weighted by Gasteiger charge is 2.26. The quantitative estimate of drug-likeness (QED) is 0.408. The third-order valence-corrected chi connectivity index (χ3v) is 6.52. The molecule has 1 saturated carbocycles. The van der Waals surface area contributed by atoms with Gasteiger partial charge in [0.25, 0.3) is 0 Å². The highest BCUT2D eigenvalue weighted by Crippen LogP contribution is 2.38.